The standard InChI is InChI=1S/C19H19N5O3S/c1-10-15(17(20)25)16(11-6-7-12(26-2)13(9-11)27-3)24-19(21-10)22-18(23-24)14-5-4-8-28-14/h4-9,16H,1-3H3,(H2,20,25)(H,21,22,23)/t16-/m1/s1. The number of ether oxygens (including phenoxy) is 2. The molecule has 0 saturated carbocycles. The molecule has 1 amide bonds. The Bertz CT molecular complexity index is 1070. The van der Waals surface area contributed by atoms with Gasteiger partial charge < -0.3 is 20.5 Å². The lowest BCUT2D eigenvalue weighted by molar-refractivity contribution is -0.115. The van der Waals surface area contributed by atoms with E-state index in [-0.39, 0.29) is 0 Å². The molecule has 1 aliphatic heterocycles. The number of nitrogens with two attached hydrogens (primary N) is 1. The average Bonchev–Trinajstić information content (AvgIpc) is 3.35. The molecule has 0 bridgehead atoms. The first-order valence-electron chi connectivity index (χ1n) is 8.53. The van der Waals surface area contributed by atoms with Crippen molar-refractivity contribution in [3.63, 3.8) is 0 Å². The number of rotatable bonds is 5. The number of hydrogen-bond acceptors (Lipinski definition) is 7. The molecule has 0 saturated heterocycles. The number of anilines is 1. The number of methoxy groups -OCH3 is 2. The molecular formula is C19H19N5O3S. The maximum Gasteiger partial charge on any atom is 0.248 e. The van der Waals surface area contributed by atoms with Crippen molar-refractivity contribution in [2.45, 2.75) is 13.0 Å². The van der Waals surface area contributed by atoms with Crippen LogP contribution in [-0.4, -0.2) is 34.9 Å². The van der Waals surface area contributed by atoms with Crippen molar-refractivity contribution >= 4 is 23.2 Å². The van der Waals surface area contributed by atoms with Gasteiger partial charge in [-0.15, -0.1) is 16.4 Å². The van der Waals surface area contributed by atoms with Crippen LogP contribution < -0.4 is 20.5 Å². The molecule has 144 valence electrons. The van der Waals surface area contributed by atoms with E-state index in [1.54, 1.807) is 43.2 Å². The third-order valence-corrected chi connectivity index (χ3v) is 5.45. The Morgan fingerprint density at radius 1 is 1.25 bits per heavy atom. The average molecular weight is 397 g/mol. The number of primary amides is 1. The van der Waals surface area contributed by atoms with Crippen molar-refractivity contribution in [3.05, 3.63) is 52.5 Å². The Balaban J connectivity index is 1.89. The summed E-state index contributed by atoms with van der Waals surface area (Å²) in [6, 6.07) is 8.84. The molecule has 3 heterocycles. The van der Waals surface area contributed by atoms with Gasteiger partial charge in [0.25, 0.3) is 0 Å². The van der Waals surface area contributed by atoms with Crippen LogP contribution in [-0.2, 0) is 4.79 Å². The lowest BCUT2D eigenvalue weighted by Crippen LogP contribution is -2.31. The van der Waals surface area contributed by atoms with Crippen molar-refractivity contribution in [1.29, 1.82) is 0 Å². The first-order chi connectivity index (χ1) is 13.5. The maximum atomic E-state index is 12.3. The van der Waals surface area contributed by atoms with Gasteiger partial charge in [0.15, 0.2) is 17.3 Å². The minimum atomic E-state index is -0.533. The number of nitrogens with one attached hydrogen (secondary N) is 1. The highest BCUT2D eigenvalue weighted by Crippen LogP contribution is 2.39. The van der Waals surface area contributed by atoms with Crippen molar-refractivity contribution in [3.8, 4) is 22.2 Å². The zero-order valence-electron chi connectivity index (χ0n) is 15.6. The first kappa shape index (κ1) is 18.1. The predicted octanol–water partition coefficient (Wildman–Crippen LogP) is 2.80. The predicted molar refractivity (Wildman–Crippen MR) is 107 cm³/mol. The molecule has 28 heavy (non-hydrogen) atoms. The molecule has 1 aromatic carbocycles. The van der Waals surface area contributed by atoms with Gasteiger partial charge >= 0.3 is 0 Å². The summed E-state index contributed by atoms with van der Waals surface area (Å²) in [6.45, 7) is 1.80. The molecule has 0 fully saturated rings. The number of nitrogens with zero attached hydrogens (tertiary/aromatic N) is 3. The molecule has 1 aliphatic rings. The topological polar surface area (TPSA) is 104 Å². The summed E-state index contributed by atoms with van der Waals surface area (Å²) in [4.78, 5) is 17.8. The fraction of sp³-hybridized carbons (Fsp3) is 0.211. The van der Waals surface area contributed by atoms with E-state index in [1.165, 1.54) is 0 Å². The summed E-state index contributed by atoms with van der Waals surface area (Å²) < 4.78 is 12.4. The van der Waals surface area contributed by atoms with Gasteiger partial charge in [-0.3, -0.25) is 4.79 Å². The van der Waals surface area contributed by atoms with Crippen LogP contribution in [0.15, 0.2) is 47.0 Å². The number of allylic oxidation sites excluding steroid dienone is 1. The lowest BCUT2D eigenvalue weighted by Gasteiger charge is -2.28. The van der Waals surface area contributed by atoms with Crippen LogP contribution in [0.1, 0.15) is 18.5 Å². The number of carbonyl (C=O) groups excluding carboxylic acids is 1. The number of benzene rings is 1. The van der Waals surface area contributed by atoms with Gasteiger partial charge in [-0.1, -0.05) is 12.1 Å². The zero-order valence-corrected chi connectivity index (χ0v) is 16.4. The zero-order chi connectivity index (χ0) is 19.8. The fourth-order valence-corrected chi connectivity index (χ4v) is 3.96. The minimum absolute atomic E-state index is 0.419. The van der Waals surface area contributed by atoms with Crippen LogP contribution in [0.4, 0.5) is 5.95 Å². The van der Waals surface area contributed by atoms with Crippen LogP contribution in [0.3, 0.4) is 0 Å². The molecule has 3 N–H and O–H groups in total. The third-order valence-electron chi connectivity index (χ3n) is 4.58. The molecule has 2 aromatic heterocycles. The number of thiophene rings is 1. The van der Waals surface area contributed by atoms with Crippen LogP contribution >= 0.6 is 11.3 Å². The number of hydrogen-bond donors (Lipinski definition) is 2. The van der Waals surface area contributed by atoms with E-state index in [0.29, 0.717) is 34.5 Å². The second-order valence-corrected chi connectivity index (χ2v) is 7.17. The second-order valence-electron chi connectivity index (χ2n) is 6.23. The smallest absolute Gasteiger partial charge is 0.248 e. The Morgan fingerprint density at radius 2 is 2.04 bits per heavy atom. The molecule has 0 spiro atoms. The summed E-state index contributed by atoms with van der Waals surface area (Å²) in [6.07, 6.45) is 0. The van der Waals surface area contributed by atoms with E-state index in [2.05, 4.69) is 15.4 Å². The van der Waals surface area contributed by atoms with Crippen LogP contribution in [0, 0.1) is 0 Å². The van der Waals surface area contributed by atoms with E-state index >= 15 is 0 Å². The van der Waals surface area contributed by atoms with Gasteiger partial charge in [0.2, 0.25) is 11.9 Å². The number of carbonyl (C=O) groups is 1. The summed E-state index contributed by atoms with van der Waals surface area (Å²) in [7, 11) is 3.14. The van der Waals surface area contributed by atoms with E-state index in [9.17, 15) is 4.79 Å². The molecule has 0 radical (unpaired) electrons. The van der Waals surface area contributed by atoms with E-state index in [1.807, 2.05) is 29.6 Å². The quantitative estimate of drug-likeness (QED) is 0.686. The highest BCUT2D eigenvalue weighted by Gasteiger charge is 2.34. The maximum absolute atomic E-state index is 12.3. The number of amides is 1. The number of aromatic nitrogens is 3. The van der Waals surface area contributed by atoms with Gasteiger partial charge in [0.05, 0.1) is 24.7 Å². The van der Waals surface area contributed by atoms with Gasteiger partial charge in [0, 0.05) is 5.70 Å². The lowest BCUT2D eigenvalue weighted by atomic mass is 9.95. The Labute approximate surface area is 165 Å². The van der Waals surface area contributed by atoms with Crippen molar-refractivity contribution < 1.29 is 14.3 Å². The number of fused-ring (bicyclic) bond motifs is 1. The molecule has 0 aliphatic carbocycles. The molecular weight excluding hydrogens is 378 g/mol. The molecule has 3 aromatic rings. The van der Waals surface area contributed by atoms with Gasteiger partial charge in [-0.05, 0) is 36.1 Å². The SMILES string of the molecule is COc1ccc([C@@H]2C(C(N)=O)=C(C)Nc3nc(-c4cccs4)nn32)cc1OC. The Kier molecular flexibility index (Phi) is 4.52. The summed E-state index contributed by atoms with van der Waals surface area (Å²) in [5.74, 6) is 1.76. The first-order valence-corrected chi connectivity index (χ1v) is 9.41. The highest BCUT2D eigenvalue weighted by molar-refractivity contribution is 7.13. The van der Waals surface area contributed by atoms with Gasteiger partial charge in [-0.25, -0.2) is 4.68 Å². The van der Waals surface area contributed by atoms with Crippen molar-refractivity contribution in [2.24, 2.45) is 5.73 Å². The summed E-state index contributed by atoms with van der Waals surface area (Å²) in [5, 5.41) is 9.76. The van der Waals surface area contributed by atoms with E-state index in [4.69, 9.17) is 15.2 Å². The molecule has 9 heteroatoms. The highest BCUT2D eigenvalue weighted by atomic mass is 32.1. The van der Waals surface area contributed by atoms with Crippen LogP contribution in [0.2, 0.25) is 0 Å². The van der Waals surface area contributed by atoms with E-state index in [0.717, 1.165) is 10.4 Å². The largest absolute Gasteiger partial charge is 0.493 e. The molecule has 4 rings (SSSR count). The summed E-state index contributed by atoms with van der Waals surface area (Å²) in [5.41, 5.74) is 7.57. The minimum Gasteiger partial charge on any atom is -0.493 e. The van der Waals surface area contributed by atoms with Crippen molar-refractivity contribution in [1.82, 2.24) is 14.8 Å². The normalized spacial score (nSPS) is 15.8. The third kappa shape index (κ3) is 2.89. The van der Waals surface area contributed by atoms with Gasteiger partial charge in [-0.2, -0.15) is 4.98 Å². The fourth-order valence-electron chi connectivity index (χ4n) is 3.31. The molecule has 8 nitrogen and oxygen atoms in total. The Morgan fingerprint density at radius 3 is 2.68 bits per heavy atom. The van der Waals surface area contributed by atoms with E-state index < -0.39 is 11.9 Å². The molecule has 0 unspecified atom stereocenters. The summed E-state index contributed by atoms with van der Waals surface area (Å²) >= 11 is 1.55. The Hall–Kier alpha value is -3.33. The van der Waals surface area contributed by atoms with Crippen LogP contribution in [0.25, 0.3) is 10.7 Å². The van der Waals surface area contributed by atoms with Crippen LogP contribution in [0.5, 0.6) is 11.5 Å². The van der Waals surface area contributed by atoms with Gasteiger partial charge in [0.1, 0.15) is 6.04 Å². The van der Waals surface area contributed by atoms with Crippen molar-refractivity contribution in [2.75, 3.05) is 19.5 Å². The second kappa shape index (κ2) is 7.01. The monoisotopic (exact) mass is 397 g/mol. The molecule has 1 atom stereocenters.